The van der Waals surface area contributed by atoms with Crippen LogP contribution in [-0.4, -0.2) is 5.11 Å². The Bertz CT molecular complexity index is 1190. The van der Waals surface area contributed by atoms with Crippen molar-refractivity contribution in [2.24, 2.45) is 0 Å². The molecule has 1 N–H and O–H groups in total. The van der Waals surface area contributed by atoms with E-state index in [1.54, 1.807) is 22.3 Å². The van der Waals surface area contributed by atoms with E-state index in [-0.39, 0.29) is 0 Å². The number of benzene rings is 3. The molecule has 0 heterocycles. The molecule has 0 aliphatic heterocycles. The molecule has 0 amide bonds. The molecule has 2 unspecified atom stereocenters. The first-order chi connectivity index (χ1) is 19.9. The highest BCUT2D eigenvalue weighted by molar-refractivity contribution is 5.45. The summed E-state index contributed by atoms with van der Waals surface area (Å²) in [5, 5.41) is 11.2. The molecule has 3 aromatic rings. The minimum Gasteiger partial charge on any atom is -0.508 e. The number of phenolic OH excluding ortho intramolecular Hbond substituents is 1. The summed E-state index contributed by atoms with van der Waals surface area (Å²) in [6.07, 6.45) is 16.4. The molecule has 0 spiro atoms. The van der Waals surface area contributed by atoms with E-state index in [0.717, 1.165) is 24.8 Å². The average molecular weight is 555 g/mol. The number of rotatable bonds is 18. The Morgan fingerprint density at radius 1 is 0.488 bits per heavy atom. The highest BCUT2D eigenvalue weighted by Crippen LogP contribution is 2.35. The minimum atomic E-state index is 0.364. The van der Waals surface area contributed by atoms with E-state index in [1.165, 1.54) is 87.3 Å². The normalized spacial score (nSPS) is 12.9. The van der Waals surface area contributed by atoms with Crippen LogP contribution in [0.2, 0.25) is 0 Å². The Labute approximate surface area is 252 Å². The maximum Gasteiger partial charge on any atom is 0.119 e. The topological polar surface area (TPSA) is 20.2 Å². The molecule has 3 rings (SSSR count). The molecule has 0 aliphatic rings. The Morgan fingerprint density at radius 2 is 0.902 bits per heavy atom. The van der Waals surface area contributed by atoms with Gasteiger partial charge in [-0.25, -0.2) is 0 Å². The second-order valence-electron chi connectivity index (χ2n) is 12.5. The first kappa shape index (κ1) is 33.0. The Kier molecular flexibility index (Phi) is 14.0. The van der Waals surface area contributed by atoms with Gasteiger partial charge in [0.15, 0.2) is 0 Å². The highest BCUT2D eigenvalue weighted by Gasteiger charge is 2.20. The molecule has 41 heavy (non-hydrogen) atoms. The van der Waals surface area contributed by atoms with E-state index in [1.807, 2.05) is 12.1 Å². The molecule has 0 fully saturated rings. The van der Waals surface area contributed by atoms with Gasteiger partial charge in [-0.05, 0) is 127 Å². The molecule has 1 heteroatoms. The predicted molar refractivity (Wildman–Crippen MR) is 180 cm³/mol. The lowest BCUT2D eigenvalue weighted by Crippen LogP contribution is -2.10. The van der Waals surface area contributed by atoms with Crippen LogP contribution in [-0.2, 0) is 38.5 Å². The molecule has 0 bridgehead atoms. The highest BCUT2D eigenvalue weighted by atomic mass is 16.3. The number of aromatic hydroxyl groups is 1. The quantitative estimate of drug-likeness (QED) is 0.166. The second-order valence-corrected chi connectivity index (χ2v) is 12.5. The second kappa shape index (κ2) is 17.4. The van der Waals surface area contributed by atoms with E-state index in [4.69, 9.17) is 0 Å². The van der Waals surface area contributed by atoms with Crippen molar-refractivity contribution in [3.8, 4) is 5.75 Å². The SMILES string of the molecule is CCCCc1cccc(C(C)Cc2cccc(O)c2CC(C)c2cccc(CCCC)c2CCCC)c1CCCC. The zero-order chi connectivity index (χ0) is 29.6. The summed E-state index contributed by atoms with van der Waals surface area (Å²) in [6, 6.07) is 20.2. The Balaban J connectivity index is 1.91. The molecular weight excluding hydrogens is 496 g/mol. The first-order valence-corrected chi connectivity index (χ1v) is 17.0. The van der Waals surface area contributed by atoms with E-state index in [0.29, 0.717) is 17.6 Å². The van der Waals surface area contributed by atoms with Crippen molar-refractivity contribution in [1.82, 2.24) is 0 Å². The number of phenols is 1. The molecule has 0 saturated carbocycles. The molecule has 1 nitrogen and oxygen atoms in total. The van der Waals surface area contributed by atoms with Crippen LogP contribution in [0.25, 0.3) is 0 Å². The summed E-state index contributed by atoms with van der Waals surface area (Å²) in [7, 11) is 0. The van der Waals surface area contributed by atoms with Crippen molar-refractivity contribution in [3.05, 3.63) is 99.1 Å². The van der Waals surface area contributed by atoms with Gasteiger partial charge in [-0.15, -0.1) is 0 Å². The number of hydrogen-bond donors (Lipinski definition) is 1. The van der Waals surface area contributed by atoms with Gasteiger partial charge in [0.1, 0.15) is 5.75 Å². The van der Waals surface area contributed by atoms with Crippen molar-refractivity contribution in [2.45, 2.75) is 143 Å². The summed E-state index contributed by atoms with van der Waals surface area (Å²) >= 11 is 0. The zero-order valence-electron chi connectivity index (χ0n) is 27.2. The molecule has 0 radical (unpaired) electrons. The zero-order valence-corrected chi connectivity index (χ0v) is 27.2. The van der Waals surface area contributed by atoms with Crippen LogP contribution in [0, 0.1) is 0 Å². The lowest BCUT2D eigenvalue weighted by atomic mass is 9.81. The molecule has 224 valence electrons. The number of aryl methyl sites for hydroxylation is 2. The van der Waals surface area contributed by atoms with Crippen LogP contribution in [0.1, 0.15) is 149 Å². The maximum absolute atomic E-state index is 11.2. The summed E-state index contributed by atoms with van der Waals surface area (Å²) in [5.74, 6) is 1.24. The van der Waals surface area contributed by atoms with Gasteiger partial charge in [-0.1, -0.05) is 116 Å². The lowest BCUT2D eigenvalue weighted by Gasteiger charge is -2.24. The predicted octanol–water partition coefficient (Wildman–Crippen LogP) is 11.5. The van der Waals surface area contributed by atoms with E-state index in [2.05, 4.69) is 84.0 Å². The third-order valence-electron chi connectivity index (χ3n) is 9.13. The van der Waals surface area contributed by atoms with E-state index < -0.39 is 0 Å². The summed E-state index contributed by atoms with van der Waals surface area (Å²) < 4.78 is 0. The lowest BCUT2D eigenvalue weighted by molar-refractivity contribution is 0.464. The third kappa shape index (κ3) is 9.22. The molecule has 0 aliphatic carbocycles. The van der Waals surface area contributed by atoms with Crippen LogP contribution in [0.4, 0.5) is 0 Å². The molecular formula is C40H58O. The maximum atomic E-state index is 11.2. The van der Waals surface area contributed by atoms with Gasteiger partial charge in [0.05, 0.1) is 0 Å². The summed E-state index contributed by atoms with van der Waals surface area (Å²) in [6.45, 7) is 13.9. The van der Waals surface area contributed by atoms with Crippen molar-refractivity contribution >= 4 is 0 Å². The van der Waals surface area contributed by atoms with Crippen molar-refractivity contribution in [2.75, 3.05) is 0 Å². The van der Waals surface area contributed by atoms with Crippen LogP contribution in [0.15, 0.2) is 54.6 Å². The van der Waals surface area contributed by atoms with Gasteiger partial charge >= 0.3 is 0 Å². The average Bonchev–Trinajstić information content (AvgIpc) is 2.98. The van der Waals surface area contributed by atoms with E-state index >= 15 is 0 Å². The van der Waals surface area contributed by atoms with Gasteiger partial charge in [-0.3, -0.25) is 0 Å². The molecule has 2 atom stereocenters. The minimum absolute atomic E-state index is 0.364. The van der Waals surface area contributed by atoms with Crippen molar-refractivity contribution < 1.29 is 5.11 Å². The van der Waals surface area contributed by atoms with E-state index in [9.17, 15) is 5.11 Å². The standard InChI is InChI=1S/C40H58O/c1-7-11-18-32-20-15-25-35(37(32)23-13-9-3)30(5)28-34-22-17-27-40(41)39(34)29-31(6)36-26-16-21-33(19-12-8-2)38(36)24-14-10-4/h15-17,20-22,25-27,30-31,41H,7-14,18-19,23-24,28-29H2,1-6H3. The number of hydrogen-bond acceptors (Lipinski definition) is 1. The number of unbranched alkanes of at least 4 members (excludes halogenated alkanes) is 4. The Hall–Kier alpha value is -2.54. The molecule has 0 saturated heterocycles. The van der Waals surface area contributed by atoms with Crippen LogP contribution < -0.4 is 0 Å². The van der Waals surface area contributed by atoms with Gasteiger partial charge in [0.25, 0.3) is 0 Å². The fourth-order valence-electron chi connectivity index (χ4n) is 6.66. The van der Waals surface area contributed by atoms with Crippen molar-refractivity contribution in [3.63, 3.8) is 0 Å². The fourth-order valence-corrected chi connectivity index (χ4v) is 6.66. The molecule has 3 aromatic carbocycles. The summed E-state index contributed by atoms with van der Waals surface area (Å²) in [5.41, 5.74) is 11.7. The van der Waals surface area contributed by atoms with Gasteiger partial charge in [0, 0.05) is 0 Å². The smallest absolute Gasteiger partial charge is 0.119 e. The van der Waals surface area contributed by atoms with Gasteiger partial charge in [0.2, 0.25) is 0 Å². The van der Waals surface area contributed by atoms with Crippen LogP contribution in [0.3, 0.4) is 0 Å². The largest absolute Gasteiger partial charge is 0.508 e. The molecule has 0 aromatic heterocycles. The first-order valence-electron chi connectivity index (χ1n) is 17.0. The monoisotopic (exact) mass is 554 g/mol. The van der Waals surface area contributed by atoms with Crippen LogP contribution in [0.5, 0.6) is 5.75 Å². The van der Waals surface area contributed by atoms with Gasteiger partial charge in [-0.2, -0.15) is 0 Å². The van der Waals surface area contributed by atoms with Crippen LogP contribution >= 0.6 is 0 Å². The third-order valence-corrected chi connectivity index (χ3v) is 9.13. The van der Waals surface area contributed by atoms with Crippen molar-refractivity contribution in [1.29, 1.82) is 0 Å². The Morgan fingerprint density at radius 3 is 1.39 bits per heavy atom. The summed E-state index contributed by atoms with van der Waals surface area (Å²) in [4.78, 5) is 0. The fraction of sp³-hybridized carbons (Fsp3) is 0.550. The van der Waals surface area contributed by atoms with Gasteiger partial charge < -0.3 is 5.11 Å².